The monoisotopic (exact) mass is 315 g/mol. The van der Waals surface area contributed by atoms with Crippen molar-refractivity contribution < 1.29 is 19.1 Å². The van der Waals surface area contributed by atoms with Crippen molar-refractivity contribution in [3.8, 4) is 0 Å². The van der Waals surface area contributed by atoms with Crippen molar-refractivity contribution in [3.05, 3.63) is 0 Å². The molecule has 0 fully saturated rings. The highest BCUT2D eigenvalue weighted by Crippen LogP contribution is 2.23. The predicted molar refractivity (Wildman–Crippen MR) is 87.6 cm³/mol. The highest BCUT2D eigenvalue weighted by molar-refractivity contribution is 5.82. The summed E-state index contributed by atoms with van der Waals surface area (Å²) in [5.41, 5.74) is -1.08. The van der Waals surface area contributed by atoms with Crippen molar-refractivity contribution in [2.24, 2.45) is 11.3 Å². The van der Waals surface area contributed by atoms with Gasteiger partial charge in [-0.05, 0) is 38.5 Å². The molecule has 0 aliphatic rings. The third-order valence-corrected chi connectivity index (χ3v) is 3.18. The lowest BCUT2D eigenvalue weighted by molar-refractivity contribution is -0.157. The zero-order valence-corrected chi connectivity index (χ0v) is 15.6. The van der Waals surface area contributed by atoms with Crippen LogP contribution in [-0.4, -0.2) is 29.8 Å². The molecule has 1 N–H and O–H groups in total. The molecule has 0 spiro atoms. The van der Waals surface area contributed by atoms with Crippen molar-refractivity contribution in [2.45, 2.75) is 86.5 Å². The van der Waals surface area contributed by atoms with Crippen molar-refractivity contribution in [1.29, 1.82) is 0 Å². The summed E-state index contributed by atoms with van der Waals surface area (Å²) in [7, 11) is 0. The Bertz CT molecular complexity index is 377. The molecule has 5 heteroatoms. The van der Waals surface area contributed by atoms with Gasteiger partial charge in [-0.25, -0.2) is 9.59 Å². The number of nitrogens with one attached hydrogen (secondary N) is 1. The van der Waals surface area contributed by atoms with Gasteiger partial charge in [0.1, 0.15) is 17.7 Å². The number of alkyl carbamates (subject to hydrolysis) is 1. The van der Waals surface area contributed by atoms with E-state index in [9.17, 15) is 9.59 Å². The van der Waals surface area contributed by atoms with E-state index in [0.717, 1.165) is 6.42 Å². The molecule has 0 aromatic carbocycles. The van der Waals surface area contributed by atoms with E-state index >= 15 is 0 Å². The predicted octanol–water partition coefficient (Wildman–Crippen LogP) is 3.90. The molecule has 22 heavy (non-hydrogen) atoms. The molecule has 5 nitrogen and oxygen atoms in total. The fourth-order valence-corrected chi connectivity index (χ4v) is 1.96. The number of rotatable bonds is 5. The third kappa shape index (κ3) is 7.66. The fourth-order valence-electron chi connectivity index (χ4n) is 1.96. The van der Waals surface area contributed by atoms with Gasteiger partial charge < -0.3 is 14.8 Å². The molecule has 0 aromatic heterocycles. The van der Waals surface area contributed by atoms with Crippen LogP contribution in [0.25, 0.3) is 0 Å². The zero-order valence-electron chi connectivity index (χ0n) is 15.6. The topological polar surface area (TPSA) is 64.6 Å². The molecule has 0 aliphatic carbocycles. The van der Waals surface area contributed by atoms with Gasteiger partial charge in [0.25, 0.3) is 0 Å². The highest BCUT2D eigenvalue weighted by atomic mass is 16.6. The second kappa shape index (κ2) is 7.84. The van der Waals surface area contributed by atoms with Gasteiger partial charge in [-0.1, -0.05) is 41.5 Å². The maximum atomic E-state index is 12.5. The standard InChI is InChI=1S/C17H33NO4/c1-10-12(11(2)3)21-14(19)13(16(4,5)6)18-15(20)22-17(7,8)9/h11-13H,10H2,1-9H3,(H,18,20)/t12?,13-/m1/s1. The van der Waals surface area contributed by atoms with Gasteiger partial charge in [0, 0.05) is 0 Å². The number of carbonyl (C=O) groups is 2. The van der Waals surface area contributed by atoms with Crippen LogP contribution in [0, 0.1) is 11.3 Å². The normalized spacial score (nSPS) is 15.2. The van der Waals surface area contributed by atoms with Crippen molar-refractivity contribution >= 4 is 12.1 Å². The average molecular weight is 315 g/mol. The van der Waals surface area contributed by atoms with Crippen LogP contribution >= 0.6 is 0 Å². The fraction of sp³-hybridized carbons (Fsp3) is 0.882. The second-order valence-corrected chi connectivity index (χ2v) is 8.07. The van der Waals surface area contributed by atoms with E-state index in [2.05, 4.69) is 5.32 Å². The highest BCUT2D eigenvalue weighted by Gasteiger charge is 2.36. The van der Waals surface area contributed by atoms with E-state index in [1.165, 1.54) is 0 Å². The molecule has 0 saturated carbocycles. The summed E-state index contributed by atoms with van der Waals surface area (Å²) in [6.07, 6.45) is -0.0213. The van der Waals surface area contributed by atoms with Gasteiger partial charge in [0.05, 0.1) is 0 Å². The van der Waals surface area contributed by atoms with Gasteiger partial charge in [-0.2, -0.15) is 0 Å². The lowest BCUT2D eigenvalue weighted by Gasteiger charge is -2.32. The maximum absolute atomic E-state index is 12.5. The van der Waals surface area contributed by atoms with Gasteiger partial charge in [-0.15, -0.1) is 0 Å². The van der Waals surface area contributed by atoms with Crippen LogP contribution in [0.4, 0.5) is 4.79 Å². The van der Waals surface area contributed by atoms with E-state index in [1.54, 1.807) is 20.8 Å². The maximum Gasteiger partial charge on any atom is 0.408 e. The minimum absolute atomic E-state index is 0.155. The zero-order chi connectivity index (χ0) is 17.7. The molecule has 0 bridgehead atoms. The number of hydrogen-bond donors (Lipinski definition) is 1. The van der Waals surface area contributed by atoms with Crippen molar-refractivity contribution in [2.75, 3.05) is 0 Å². The Balaban J connectivity index is 5.00. The van der Waals surface area contributed by atoms with Crippen molar-refractivity contribution in [1.82, 2.24) is 5.32 Å². The number of hydrogen-bond acceptors (Lipinski definition) is 4. The molecule has 0 rings (SSSR count). The number of carbonyl (C=O) groups excluding carboxylic acids is 2. The molecule has 0 heterocycles. The molecule has 0 aromatic rings. The molecule has 0 radical (unpaired) electrons. The van der Waals surface area contributed by atoms with Crippen LogP contribution in [0.3, 0.4) is 0 Å². The van der Waals surface area contributed by atoms with Crippen LogP contribution < -0.4 is 5.32 Å². The van der Waals surface area contributed by atoms with Gasteiger partial charge in [-0.3, -0.25) is 0 Å². The molecule has 1 amide bonds. The SMILES string of the molecule is CCC(OC(=O)[C@@H](NC(=O)OC(C)(C)C)C(C)(C)C)C(C)C. The van der Waals surface area contributed by atoms with Crippen LogP contribution in [-0.2, 0) is 14.3 Å². The number of amides is 1. The molecule has 0 saturated heterocycles. The molecule has 0 aliphatic heterocycles. The van der Waals surface area contributed by atoms with E-state index in [0.29, 0.717) is 0 Å². The number of esters is 1. The van der Waals surface area contributed by atoms with Crippen LogP contribution in [0.1, 0.15) is 68.7 Å². The molecule has 2 atom stereocenters. The first-order valence-electron chi connectivity index (χ1n) is 7.98. The lowest BCUT2D eigenvalue weighted by atomic mass is 9.86. The first-order valence-corrected chi connectivity index (χ1v) is 7.98. The Labute approximate surface area is 135 Å². The summed E-state index contributed by atoms with van der Waals surface area (Å²) < 4.78 is 10.8. The molecule has 1 unspecified atom stereocenters. The van der Waals surface area contributed by atoms with E-state index in [-0.39, 0.29) is 12.0 Å². The van der Waals surface area contributed by atoms with Gasteiger partial charge in [0.15, 0.2) is 0 Å². The summed E-state index contributed by atoms with van der Waals surface area (Å²) in [5.74, 6) is -0.185. The Morgan fingerprint density at radius 3 is 1.86 bits per heavy atom. The Kier molecular flexibility index (Phi) is 7.39. The van der Waals surface area contributed by atoms with Crippen LogP contribution in [0.2, 0.25) is 0 Å². The van der Waals surface area contributed by atoms with Crippen LogP contribution in [0.15, 0.2) is 0 Å². The minimum Gasteiger partial charge on any atom is -0.461 e. The first-order chi connectivity index (χ1) is 9.77. The first kappa shape index (κ1) is 20.7. The molecular weight excluding hydrogens is 282 g/mol. The molecular formula is C17H33NO4. The van der Waals surface area contributed by atoms with E-state index in [4.69, 9.17) is 9.47 Å². The Hall–Kier alpha value is -1.26. The lowest BCUT2D eigenvalue weighted by Crippen LogP contribution is -2.52. The van der Waals surface area contributed by atoms with Gasteiger partial charge in [0.2, 0.25) is 0 Å². The van der Waals surface area contributed by atoms with E-state index in [1.807, 2.05) is 41.5 Å². The largest absolute Gasteiger partial charge is 0.461 e. The smallest absolute Gasteiger partial charge is 0.408 e. The summed E-state index contributed by atoms with van der Waals surface area (Å²) in [6, 6.07) is -0.754. The van der Waals surface area contributed by atoms with Crippen LogP contribution in [0.5, 0.6) is 0 Å². The van der Waals surface area contributed by atoms with Crippen molar-refractivity contribution in [3.63, 3.8) is 0 Å². The third-order valence-electron chi connectivity index (χ3n) is 3.18. The molecule has 130 valence electrons. The Morgan fingerprint density at radius 2 is 1.55 bits per heavy atom. The summed E-state index contributed by atoms with van der Waals surface area (Å²) in [5, 5.41) is 2.65. The van der Waals surface area contributed by atoms with Gasteiger partial charge >= 0.3 is 12.1 Å². The summed E-state index contributed by atoms with van der Waals surface area (Å²) in [4.78, 5) is 24.4. The summed E-state index contributed by atoms with van der Waals surface area (Å²) in [6.45, 7) is 17.0. The van der Waals surface area contributed by atoms with E-state index < -0.39 is 29.1 Å². The minimum atomic E-state index is -0.754. The average Bonchev–Trinajstić information content (AvgIpc) is 2.28. The quantitative estimate of drug-likeness (QED) is 0.781. The number of ether oxygens (including phenoxy) is 2. The Morgan fingerprint density at radius 1 is 1.05 bits per heavy atom. The summed E-state index contributed by atoms with van der Waals surface area (Å²) >= 11 is 0. The second-order valence-electron chi connectivity index (χ2n) is 8.07.